The monoisotopic (exact) mass is 229 g/mol. The van der Waals surface area contributed by atoms with Gasteiger partial charge in [-0.3, -0.25) is 4.79 Å². The molecule has 0 aromatic carbocycles. The van der Waals surface area contributed by atoms with Crippen molar-refractivity contribution in [3.8, 4) is 0 Å². The Morgan fingerprint density at radius 3 is 2.73 bits per heavy atom. The van der Waals surface area contributed by atoms with Gasteiger partial charge in [-0.15, -0.1) is 12.6 Å². The van der Waals surface area contributed by atoms with Crippen molar-refractivity contribution in [2.75, 3.05) is 0 Å². The van der Waals surface area contributed by atoms with E-state index in [0.29, 0.717) is 11.3 Å². The summed E-state index contributed by atoms with van der Waals surface area (Å²) < 4.78 is 0. The van der Waals surface area contributed by atoms with E-state index >= 15 is 0 Å². The summed E-state index contributed by atoms with van der Waals surface area (Å²) in [4.78, 5) is 24.1. The van der Waals surface area contributed by atoms with Gasteiger partial charge in [-0.2, -0.15) is 0 Å². The van der Waals surface area contributed by atoms with E-state index < -0.39 is 18.0 Å². The quantitative estimate of drug-likeness (QED) is 0.453. The number of hydrogen-bond acceptors (Lipinski definition) is 4. The Balaban J connectivity index is 2.27. The van der Waals surface area contributed by atoms with Crippen LogP contribution in [0, 0.1) is 5.92 Å². The smallest absolute Gasteiger partial charge is 0.353 e. The standard InChI is InChI=1S/C9H11NO4S/c1-3(11)6-4-2-5(15)7(9(13)14)10(4)8(6)12/h3-4,6,11,15H,2H2,1H3,(H,13,14)/t3-,4+,6+/m0/s1. The third-order valence-corrected chi connectivity index (χ3v) is 3.30. The van der Waals surface area contributed by atoms with Crippen LogP contribution in [0.5, 0.6) is 0 Å². The number of amides is 1. The lowest BCUT2D eigenvalue weighted by atomic mass is 9.83. The van der Waals surface area contributed by atoms with Crippen LogP contribution < -0.4 is 0 Å². The summed E-state index contributed by atoms with van der Waals surface area (Å²) in [6.07, 6.45) is -0.320. The van der Waals surface area contributed by atoms with Crippen molar-refractivity contribution in [3.63, 3.8) is 0 Å². The van der Waals surface area contributed by atoms with Gasteiger partial charge >= 0.3 is 5.97 Å². The lowest BCUT2D eigenvalue weighted by Gasteiger charge is -2.44. The zero-order valence-electron chi connectivity index (χ0n) is 8.04. The maximum atomic E-state index is 11.6. The SMILES string of the molecule is C[C@H](O)[C@H]1C(=O)N2C(C(=O)O)=C(S)C[C@H]12. The van der Waals surface area contributed by atoms with Crippen LogP contribution in [0.15, 0.2) is 10.6 Å². The first-order chi connectivity index (χ1) is 6.95. The summed E-state index contributed by atoms with van der Waals surface area (Å²) in [5, 5.41) is 18.2. The minimum atomic E-state index is -1.14. The van der Waals surface area contributed by atoms with E-state index in [4.69, 9.17) is 5.11 Å². The summed E-state index contributed by atoms with van der Waals surface area (Å²) in [5.41, 5.74) is -0.0368. The number of carbonyl (C=O) groups excluding carboxylic acids is 1. The summed E-state index contributed by atoms with van der Waals surface area (Å²) >= 11 is 4.06. The van der Waals surface area contributed by atoms with Gasteiger partial charge in [-0.05, 0) is 6.92 Å². The van der Waals surface area contributed by atoms with Gasteiger partial charge in [0.05, 0.1) is 18.1 Å². The highest BCUT2D eigenvalue weighted by Gasteiger charge is 2.56. The number of β-lactam (4-membered cyclic amide) rings is 1. The Kier molecular flexibility index (Phi) is 2.27. The van der Waals surface area contributed by atoms with E-state index in [2.05, 4.69) is 12.6 Å². The second-order valence-corrected chi connectivity index (χ2v) is 4.39. The van der Waals surface area contributed by atoms with Crippen molar-refractivity contribution in [3.05, 3.63) is 10.6 Å². The van der Waals surface area contributed by atoms with Crippen molar-refractivity contribution in [1.29, 1.82) is 0 Å². The Labute approximate surface area is 91.8 Å². The second kappa shape index (κ2) is 3.24. The molecule has 0 bridgehead atoms. The number of rotatable bonds is 2. The number of carbonyl (C=O) groups is 2. The molecule has 2 rings (SSSR count). The molecule has 1 amide bonds. The first kappa shape index (κ1) is 10.5. The van der Waals surface area contributed by atoms with Crippen LogP contribution in [0.1, 0.15) is 13.3 Å². The van der Waals surface area contributed by atoms with Gasteiger partial charge in [0.15, 0.2) is 0 Å². The molecule has 0 spiro atoms. The van der Waals surface area contributed by atoms with E-state index in [1.165, 1.54) is 11.8 Å². The van der Waals surface area contributed by atoms with E-state index in [9.17, 15) is 14.7 Å². The number of hydrogen-bond donors (Lipinski definition) is 3. The first-order valence-electron chi connectivity index (χ1n) is 4.61. The highest BCUT2D eigenvalue weighted by Crippen LogP contribution is 2.44. The molecule has 2 aliphatic heterocycles. The number of thiol groups is 1. The lowest BCUT2D eigenvalue weighted by Crippen LogP contribution is -2.61. The molecule has 82 valence electrons. The molecule has 0 aromatic heterocycles. The van der Waals surface area contributed by atoms with Crippen LogP contribution in [-0.2, 0) is 9.59 Å². The number of fused-ring (bicyclic) bond motifs is 1. The average Bonchev–Trinajstić information content (AvgIpc) is 2.38. The molecule has 5 nitrogen and oxygen atoms in total. The molecule has 0 radical (unpaired) electrons. The molecule has 2 N–H and O–H groups in total. The zero-order chi connectivity index (χ0) is 11.3. The van der Waals surface area contributed by atoms with Crippen LogP contribution in [-0.4, -0.2) is 39.1 Å². The normalized spacial score (nSPS) is 31.4. The largest absolute Gasteiger partial charge is 0.477 e. The molecular weight excluding hydrogens is 218 g/mol. The predicted molar refractivity (Wildman–Crippen MR) is 54.1 cm³/mol. The highest BCUT2D eigenvalue weighted by molar-refractivity contribution is 7.84. The second-order valence-electron chi connectivity index (χ2n) is 3.85. The third-order valence-electron chi connectivity index (χ3n) is 2.91. The number of carboxylic acid groups (broad SMARTS) is 1. The Morgan fingerprint density at radius 1 is 1.67 bits per heavy atom. The van der Waals surface area contributed by atoms with Crippen LogP contribution in [0.2, 0.25) is 0 Å². The molecule has 15 heavy (non-hydrogen) atoms. The Bertz CT molecular complexity index is 376. The molecule has 0 saturated carbocycles. The summed E-state index contributed by atoms with van der Waals surface area (Å²) in [6, 6.07) is -0.226. The number of aliphatic hydroxyl groups excluding tert-OH is 1. The van der Waals surface area contributed by atoms with Crippen molar-refractivity contribution >= 4 is 24.5 Å². The molecule has 0 aromatic rings. The van der Waals surface area contributed by atoms with Gasteiger partial charge < -0.3 is 15.1 Å². The first-order valence-corrected chi connectivity index (χ1v) is 5.06. The van der Waals surface area contributed by atoms with E-state index in [1.54, 1.807) is 0 Å². The maximum absolute atomic E-state index is 11.6. The number of nitrogens with zero attached hydrogens (tertiary/aromatic N) is 1. The van der Waals surface area contributed by atoms with Gasteiger partial charge in [0.2, 0.25) is 5.91 Å². The minimum Gasteiger partial charge on any atom is -0.477 e. The van der Waals surface area contributed by atoms with Crippen LogP contribution in [0.25, 0.3) is 0 Å². The van der Waals surface area contributed by atoms with Gasteiger partial charge in [-0.25, -0.2) is 4.79 Å². The number of aliphatic hydroxyl groups is 1. The van der Waals surface area contributed by atoms with Crippen LogP contribution in [0.3, 0.4) is 0 Å². The highest BCUT2D eigenvalue weighted by atomic mass is 32.1. The average molecular weight is 229 g/mol. The van der Waals surface area contributed by atoms with Crippen molar-refractivity contribution in [2.45, 2.75) is 25.5 Å². The molecule has 1 fully saturated rings. The summed E-state index contributed by atoms with van der Waals surface area (Å²) in [6.45, 7) is 1.54. The molecule has 6 heteroatoms. The summed E-state index contributed by atoms with van der Waals surface area (Å²) in [5.74, 6) is -1.94. The van der Waals surface area contributed by atoms with Crippen molar-refractivity contribution in [1.82, 2.24) is 4.90 Å². The summed E-state index contributed by atoms with van der Waals surface area (Å²) in [7, 11) is 0. The number of aliphatic carboxylic acids is 1. The minimum absolute atomic E-state index is 0.0368. The zero-order valence-corrected chi connectivity index (χ0v) is 8.94. The molecular formula is C9H11NO4S. The molecule has 0 unspecified atom stereocenters. The molecule has 2 heterocycles. The fraction of sp³-hybridized carbons (Fsp3) is 0.556. The van der Waals surface area contributed by atoms with Crippen molar-refractivity contribution < 1.29 is 19.8 Å². The van der Waals surface area contributed by atoms with Crippen LogP contribution in [0.4, 0.5) is 0 Å². The third kappa shape index (κ3) is 1.28. The molecule has 2 aliphatic rings. The predicted octanol–water partition coefficient (Wildman–Crippen LogP) is -0.176. The Hall–Kier alpha value is -1.01. The Morgan fingerprint density at radius 2 is 2.27 bits per heavy atom. The van der Waals surface area contributed by atoms with Crippen molar-refractivity contribution in [2.24, 2.45) is 5.92 Å². The lowest BCUT2D eigenvalue weighted by molar-refractivity contribution is -0.161. The van der Waals surface area contributed by atoms with E-state index in [-0.39, 0.29) is 17.6 Å². The maximum Gasteiger partial charge on any atom is 0.353 e. The molecule has 3 atom stereocenters. The fourth-order valence-electron chi connectivity index (χ4n) is 2.25. The van der Waals surface area contributed by atoms with Gasteiger partial charge in [0, 0.05) is 11.3 Å². The van der Waals surface area contributed by atoms with Gasteiger partial charge in [0.1, 0.15) is 5.70 Å². The molecule has 1 saturated heterocycles. The van der Waals surface area contributed by atoms with Crippen LogP contribution >= 0.6 is 12.6 Å². The van der Waals surface area contributed by atoms with E-state index in [1.807, 2.05) is 0 Å². The topological polar surface area (TPSA) is 77.8 Å². The number of carboxylic acids is 1. The van der Waals surface area contributed by atoms with Gasteiger partial charge in [0.25, 0.3) is 0 Å². The van der Waals surface area contributed by atoms with Gasteiger partial charge in [-0.1, -0.05) is 0 Å². The fourth-order valence-corrected chi connectivity index (χ4v) is 2.64. The van der Waals surface area contributed by atoms with E-state index in [0.717, 1.165) is 0 Å². The molecule has 0 aliphatic carbocycles.